The van der Waals surface area contributed by atoms with Gasteiger partial charge in [0.05, 0.1) is 20.8 Å². The van der Waals surface area contributed by atoms with Crippen molar-refractivity contribution in [2.75, 3.05) is 46.3 Å². The van der Waals surface area contributed by atoms with Crippen molar-refractivity contribution in [2.45, 2.75) is 13.3 Å². The number of aryl methyl sites for hydroxylation is 1. The molecule has 0 aliphatic carbocycles. The molecule has 1 aromatic carbocycles. The Hall–Kier alpha value is -2.87. The molecule has 1 amide bonds. The summed E-state index contributed by atoms with van der Waals surface area (Å²) in [5.41, 5.74) is 2.08. The van der Waals surface area contributed by atoms with Gasteiger partial charge < -0.3 is 24.8 Å². The molecule has 1 heterocycles. The van der Waals surface area contributed by atoms with Crippen LogP contribution in [0.1, 0.15) is 21.7 Å². The van der Waals surface area contributed by atoms with Gasteiger partial charge in [0.15, 0.2) is 11.5 Å². The molecular weight excluding hydrogens is 348 g/mol. The minimum absolute atomic E-state index is 0.240. The summed E-state index contributed by atoms with van der Waals surface area (Å²) in [6.45, 7) is 3.40. The molecule has 0 spiro atoms. The lowest BCUT2D eigenvalue weighted by atomic mass is 10.1. The van der Waals surface area contributed by atoms with Gasteiger partial charge in [-0.1, -0.05) is 6.07 Å². The van der Waals surface area contributed by atoms with Crippen LogP contribution >= 0.6 is 0 Å². The van der Waals surface area contributed by atoms with Crippen molar-refractivity contribution in [3.63, 3.8) is 0 Å². The van der Waals surface area contributed by atoms with Crippen molar-refractivity contribution in [1.29, 1.82) is 0 Å². The first-order valence-electron chi connectivity index (χ1n) is 8.65. The van der Waals surface area contributed by atoms with Crippen molar-refractivity contribution in [1.82, 2.24) is 15.3 Å². The molecule has 0 saturated heterocycles. The van der Waals surface area contributed by atoms with E-state index in [1.54, 1.807) is 27.4 Å². The summed E-state index contributed by atoms with van der Waals surface area (Å²) < 4.78 is 15.5. The van der Waals surface area contributed by atoms with Crippen molar-refractivity contribution in [3.05, 3.63) is 41.2 Å². The minimum atomic E-state index is -0.240. The fraction of sp³-hybridized carbons (Fsp3) is 0.421. The van der Waals surface area contributed by atoms with Crippen LogP contribution in [-0.2, 0) is 11.2 Å². The van der Waals surface area contributed by atoms with E-state index in [-0.39, 0.29) is 5.91 Å². The van der Waals surface area contributed by atoms with Crippen molar-refractivity contribution in [3.8, 4) is 11.5 Å². The predicted molar refractivity (Wildman–Crippen MR) is 103 cm³/mol. The van der Waals surface area contributed by atoms with Crippen molar-refractivity contribution in [2.24, 2.45) is 0 Å². The van der Waals surface area contributed by atoms with Crippen LogP contribution in [0.25, 0.3) is 0 Å². The summed E-state index contributed by atoms with van der Waals surface area (Å²) in [5, 5.41) is 5.92. The molecule has 0 aliphatic heterocycles. The Labute approximate surface area is 159 Å². The van der Waals surface area contributed by atoms with E-state index in [9.17, 15) is 4.79 Å². The van der Waals surface area contributed by atoms with E-state index in [0.29, 0.717) is 49.3 Å². The number of ether oxygens (including phenoxy) is 3. The minimum Gasteiger partial charge on any atom is -0.493 e. The van der Waals surface area contributed by atoms with E-state index in [2.05, 4.69) is 20.6 Å². The molecule has 8 heteroatoms. The highest BCUT2D eigenvalue weighted by Gasteiger charge is 2.11. The molecule has 2 aromatic rings. The molecular formula is C19H26N4O4. The molecule has 27 heavy (non-hydrogen) atoms. The zero-order chi connectivity index (χ0) is 19.6. The molecule has 8 nitrogen and oxygen atoms in total. The van der Waals surface area contributed by atoms with Crippen LogP contribution in [0.4, 0.5) is 5.95 Å². The summed E-state index contributed by atoms with van der Waals surface area (Å²) in [7, 11) is 4.81. The fourth-order valence-electron chi connectivity index (χ4n) is 2.48. The number of aromatic nitrogens is 2. The molecule has 1 aromatic heterocycles. The molecule has 0 radical (unpaired) electrons. The first-order valence-corrected chi connectivity index (χ1v) is 8.65. The van der Waals surface area contributed by atoms with E-state index in [0.717, 1.165) is 11.3 Å². The Morgan fingerprint density at radius 2 is 1.81 bits per heavy atom. The van der Waals surface area contributed by atoms with Gasteiger partial charge in [0, 0.05) is 25.9 Å². The number of methoxy groups -OCH3 is 3. The summed E-state index contributed by atoms with van der Waals surface area (Å²) >= 11 is 0. The summed E-state index contributed by atoms with van der Waals surface area (Å²) in [4.78, 5) is 20.9. The number of benzene rings is 1. The number of hydrogen-bond acceptors (Lipinski definition) is 7. The predicted octanol–water partition coefficient (Wildman–Crippen LogP) is 1.83. The standard InChI is InChI=1S/C19H26N4O4/c1-13-11-15(23-19(22-13)21-9-10-25-2)18(24)20-8-7-14-5-6-16(26-3)17(12-14)27-4/h5-6,11-12H,7-10H2,1-4H3,(H,20,24)(H,21,22,23). The van der Waals surface area contributed by atoms with Gasteiger partial charge in [-0.25, -0.2) is 9.97 Å². The molecule has 0 unspecified atom stereocenters. The molecule has 0 fully saturated rings. The third-order valence-electron chi connectivity index (χ3n) is 3.82. The van der Waals surface area contributed by atoms with Gasteiger partial charge in [-0.15, -0.1) is 0 Å². The number of anilines is 1. The van der Waals surface area contributed by atoms with Crippen LogP contribution in [-0.4, -0.2) is 56.9 Å². The Morgan fingerprint density at radius 1 is 1.04 bits per heavy atom. The monoisotopic (exact) mass is 374 g/mol. The van der Waals surface area contributed by atoms with Crippen LogP contribution in [0.3, 0.4) is 0 Å². The number of rotatable bonds is 10. The molecule has 2 rings (SSSR count). The summed E-state index contributed by atoms with van der Waals surface area (Å²) in [5.74, 6) is 1.52. The smallest absolute Gasteiger partial charge is 0.270 e. The number of amides is 1. The highest BCUT2D eigenvalue weighted by Crippen LogP contribution is 2.27. The highest BCUT2D eigenvalue weighted by molar-refractivity contribution is 5.92. The van der Waals surface area contributed by atoms with Crippen LogP contribution in [0.15, 0.2) is 24.3 Å². The SMILES string of the molecule is COCCNc1nc(C)cc(C(=O)NCCc2ccc(OC)c(OC)c2)n1. The average molecular weight is 374 g/mol. The topological polar surface area (TPSA) is 94.6 Å². The zero-order valence-electron chi connectivity index (χ0n) is 16.2. The highest BCUT2D eigenvalue weighted by atomic mass is 16.5. The second kappa shape index (κ2) is 10.3. The Morgan fingerprint density at radius 3 is 2.52 bits per heavy atom. The van der Waals surface area contributed by atoms with Crippen molar-refractivity contribution < 1.29 is 19.0 Å². The first-order chi connectivity index (χ1) is 13.1. The fourth-order valence-corrected chi connectivity index (χ4v) is 2.48. The lowest BCUT2D eigenvalue weighted by molar-refractivity contribution is 0.0949. The third-order valence-corrected chi connectivity index (χ3v) is 3.82. The van der Waals surface area contributed by atoms with Gasteiger partial charge in [0.25, 0.3) is 5.91 Å². The largest absolute Gasteiger partial charge is 0.493 e. The number of nitrogens with zero attached hydrogens (tertiary/aromatic N) is 2. The molecule has 0 bridgehead atoms. The second-order valence-corrected chi connectivity index (χ2v) is 5.83. The number of carbonyl (C=O) groups excluding carboxylic acids is 1. The Bertz CT molecular complexity index is 767. The van der Waals surface area contributed by atoms with Crippen molar-refractivity contribution >= 4 is 11.9 Å². The van der Waals surface area contributed by atoms with E-state index >= 15 is 0 Å². The van der Waals surface area contributed by atoms with E-state index in [4.69, 9.17) is 14.2 Å². The quantitative estimate of drug-likeness (QED) is 0.613. The second-order valence-electron chi connectivity index (χ2n) is 5.83. The molecule has 0 aliphatic rings. The maximum atomic E-state index is 12.4. The Balaban J connectivity index is 1.93. The maximum Gasteiger partial charge on any atom is 0.270 e. The molecule has 146 valence electrons. The van der Waals surface area contributed by atoms with Crippen LogP contribution in [0.2, 0.25) is 0 Å². The zero-order valence-corrected chi connectivity index (χ0v) is 16.2. The van der Waals surface area contributed by atoms with E-state index in [1.807, 2.05) is 25.1 Å². The van der Waals surface area contributed by atoms with Gasteiger partial charge in [0.2, 0.25) is 5.95 Å². The third kappa shape index (κ3) is 6.10. The van der Waals surface area contributed by atoms with Gasteiger partial charge in [-0.2, -0.15) is 0 Å². The van der Waals surface area contributed by atoms with Gasteiger partial charge in [-0.05, 0) is 37.1 Å². The van der Waals surface area contributed by atoms with Gasteiger partial charge >= 0.3 is 0 Å². The van der Waals surface area contributed by atoms with Crippen LogP contribution in [0.5, 0.6) is 11.5 Å². The number of carbonyl (C=O) groups is 1. The molecule has 0 atom stereocenters. The normalized spacial score (nSPS) is 10.4. The molecule has 2 N–H and O–H groups in total. The lowest BCUT2D eigenvalue weighted by Gasteiger charge is -2.11. The summed E-state index contributed by atoms with van der Waals surface area (Å²) in [6, 6.07) is 7.35. The van der Waals surface area contributed by atoms with Gasteiger partial charge in [0.1, 0.15) is 5.69 Å². The van der Waals surface area contributed by atoms with E-state index < -0.39 is 0 Å². The van der Waals surface area contributed by atoms with Crippen LogP contribution < -0.4 is 20.1 Å². The van der Waals surface area contributed by atoms with E-state index in [1.165, 1.54) is 0 Å². The number of hydrogen-bond donors (Lipinski definition) is 2. The Kier molecular flexibility index (Phi) is 7.81. The molecule has 0 saturated carbocycles. The maximum absolute atomic E-state index is 12.4. The number of nitrogens with one attached hydrogen (secondary N) is 2. The van der Waals surface area contributed by atoms with Crippen LogP contribution in [0, 0.1) is 6.92 Å². The van der Waals surface area contributed by atoms with Gasteiger partial charge in [-0.3, -0.25) is 4.79 Å². The summed E-state index contributed by atoms with van der Waals surface area (Å²) in [6.07, 6.45) is 0.662. The first kappa shape index (κ1) is 20.4. The average Bonchev–Trinajstić information content (AvgIpc) is 2.67. The lowest BCUT2D eigenvalue weighted by Crippen LogP contribution is -2.27.